The summed E-state index contributed by atoms with van der Waals surface area (Å²) in [4.78, 5) is 42.0. The molecule has 1 aliphatic heterocycles. The maximum atomic E-state index is 12.2. The minimum Gasteiger partial charge on any atom is -0.444 e. The van der Waals surface area contributed by atoms with E-state index in [1.54, 1.807) is 34.6 Å². The molecule has 0 saturated carbocycles. The van der Waals surface area contributed by atoms with Gasteiger partial charge >= 0.3 is 12.1 Å². The van der Waals surface area contributed by atoms with Crippen molar-refractivity contribution in [2.24, 2.45) is 0 Å². The molecule has 0 spiro atoms. The van der Waals surface area contributed by atoms with Crippen LogP contribution in [0.25, 0.3) is 0 Å². The van der Waals surface area contributed by atoms with Gasteiger partial charge in [-0.15, -0.1) is 0 Å². The largest absolute Gasteiger partial charge is 0.444 e. The molecule has 4 amide bonds. The lowest BCUT2D eigenvalue weighted by Gasteiger charge is -2.36. The molecule has 2 atom stereocenters. The first kappa shape index (κ1) is 21.0. The van der Waals surface area contributed by atoms with Crippen molar-refractivity contribution in [1.29, 1.82) is 0 Å². The summed E-state index contributed by atoms with van der Waals surface area (Å²) in [7, 11) is 0. The predicted octanol–water partition coefficient (Wildman–Crippen LogP) is 0.853. The maximum Gasteiger partial charge on any atom is 0.407 e. The molecule has 10 nitrogen and oxygen atoms in total. The minimum absolute atomic E-state index is 0.0316. The van der Waals surface area contributed by atoms with Gasteiger partial charge in [0.2, 0.25) is 0 Å². The van der Waals surface area contributed by atoms with Gasteiger partial charge in [0.15, 0.2) is 0 Å². The molecule has 3 N–H and O–H groups in total. The first-order valence-electron chi connectivity index (χ1n) is 8.23. The van der Waals surface area contributed by atoms with Crippen LogP contribution in [0.5, 0.6) is 0 Å². The fraction of sp³-hybridized carbons (Fsp3) is 0.800. The van der Waals surface area contributed by atoms with Crippen molar-refractivity contribution in [2.45, 2.75) is 58.7 Å². The lowest BCUT2D eigenvalue weighted by molar-refractivity contribution is -0.144. The van der Waals surface area contributed by atoms with E-state index in [1.165, 1.54) is 4.90 Å². The molecule has 10 heteroatoms. The van der Waals surface area contributed by atoms with E-state index >= 15 is 0 Å². The zero-order chi connectivity index (χ0) is 19.2. The van der Waals surface area contributed by atoms with Gasteiger partial charge in [-0.25, -0.2) is 20.1 Å². The number of alkyl carbamates (subject to hydrolysis) is 1. The number of rotatable bonds is 6. The second-order valence-corrected chi connectivity index (χ2v) is 6.82. The van der Waals surface area contributed by atoms with Crippen LogP contribution in [0.1, 0.15) is 41.0 Å². The highest BCUT2D eigenvalue weighted by molar-refractivity contribution is 5.87. The molecule has 0 aliphatic carbocycles. The molecule has 1 rings (SSSR count). The summed E-state index contributed by atoms with van der Waals surface area (Å²) in [6.07, 6.45) is -0.287. The Morgan fingerprint density at radius 1 is 1.40 bits per heavy atom. The van der Waals surface area contributed by atoms with Gasteiger partial charge in [0, 0.05) is 6.54 Å². The molecule has 1 aliphatic rings. The second-order valence-electron chi connectivity index (χ2n) is 6.82. The molecular formula is C15H28N4O6. The van der Waals surface area contributed by atoms with Crippen LogP contribution < -0.4 is 10.8 Å². The number of ether oxygens (including phenoxy) is 1. The molecule has 0 unspecified atom stereocenters. The third kappa shape index (κ3) is 6.75. The number of hydrogen-bond donors (Lipinski definition) is 3. The summed E-state index contributed by atoms with van der Waals surface area (Å²) in [5, 5.41) is 12.6. The summed E-state index contributed by atoms with van der Waals surface area (Å²) >= 11 is 0. The molecular weight excluding hydrogens is 332 g/mol. The average molecular weight is 360 g/mol. The number of urea groups is 1. The summed E-state index contributed by atoms with van der Waals surface area (Å²) in [5.41, 5.74) is 1.68. The first-order chi connectivity index (χ1) is 11.5. The average Bonchev–Trinajstić information content (AvgIpc) is 2.47. The molecule has 1 heterocycles. The van der Waals surface area contributed by atoms with Crippen molar-refractivity contribution in [3.05, 3.63) is 0 Å². The van der Waals surface area contributed by atoms with Gasteiger partial charge in [0.05, 0.1) is 19.2 Å². The normalized spacial score (nSPS) is 19.4. The third-order valence-corrected chi connectivity index (χ3v) is 3.37. The van der Waals surface area contributed by atoms with Crippen molar-refractivity contribution in [3.8, 4) is 0 Å². The highest BCUT2D eigenvalue weighted by Crippen LogP contribution is 2.14. The number of nitrogens with zero attached hydrogens (tertiary/aromatic N) is 2. The molecule has 0 radical (unpaired) electrons. The number of carbonyl (C=O) groups excluding carboxylic acids is 3. The minimum atomic E-state index is -0.713. The van der Waals surface area contributed by atoms with Gasteiger partial charge in [0.25, 0.3) is 5.91 Å². The Morgan fingerprint density at radius 2 is 2.04 bits per heavy atom. The number of hydrogen-bond acceptors (Lipinski definition) is 6. The van der Waals surface area contributed by atoms with Gasteiger partial charge in [-0.1, -0.05) is 0 Å². The first-order valence-corrected chi connectivity index (χ1v) is 8.23. The fourth-order valence-corrected chi connectivity index (χ4v) is 2.26. The number of carbonyl (C=O) groups is 3. The summed E-state index contributed by atoms with van der Waals surface area (Å²) in [6, 6.07) is -1.72. The maximum absolute atomic E-state index is 12.2. The Hall–Kier alpha value is -2.07. The second kappa shape index (κ2) is 8.86. The van der Waals surface area contributed by atoms with Crippen molar-refractivity contribution in [1.82, 2.24) is 20.8 Å². The zero-order valence-electron chi connectivity index (χ0n) is 15.4. The molecule has 144 valence electrons. The number of hydroxylamine groups is 3. The van der Waals surface area contributed by atoms with Crippen LogP contribution in [0, 0.1) is 0 Å². The number of likely N-dealkylation sites (N-methyl/N-ethyl adjacent to an activating group) is 1. The van der Waals surface area contributed by atoms with Crippen LogP contribution in [0.2, 0.25) is 0 Å². The van der Waals surface area contributed by atoms with E-state index in [4.69, 9.17) is 9.57 Å². The van der Waals surface area contributed by atoms with Gasteiger partial charge in [-0.05, 0) is 41.0 Å². The van der Waals surface area contributed by atoms with E-state index in [1.807, 2.05) is 0 Å². The molecule has 0 aromatic carbocycles. The molecule has 0 aromatic rings. The van der Waals surface area contributed by atoms with E-state index < -0.39 is 35.7 Å². The molecule has 1 saturated heterocycles. The van der Waals surface area contributed by atoms with Crippen LogP contribution in [-0.2, 0) is 14.4 Å². The molecule has 25 heavy (non-hydrogen) atoms. The van der Waals surface area contributed by atoms with E-state index in [9.17, 15) is 19.6 Å². The van der Waals surface area contributed by atoms with Crippen LogP contribution in [0.15, 0.2) is 0 Å². The van der Waals surface area contributed by atoms with Crippen molar-refractivity contribution in [2.75, 3.05) is 19.7 Å². The van der Waals surface area contributed by atoms with Crippen molar-refractivity contribution < 1.29 is 29.2 Å². The number of nitrogens with one attached hydrogen (secondary N) is 2. The summed E-state index contributed by atoms with van der Waals surface area (Å²) in [6.45, 7) is 9.07. The van der Waals surface area contributed by atoms with E-state index in [-0.39, 0.29) is 26.1 Å². The summed E-state index contributed by atoms with van der Waals surface area (Å²) in [5.74, 6) is -0.479. The van der Waals surface area contributed by atoms with Crippen LogP contribution in [-0.4, -0.2) is 70.6 Å². The topological polar surface area (TPSA) is 120 Å². The van der Waals surface area contributed by atoms with Crippen molar-refractivity contribution in [3.63, 3.8) is 0 Å². The molecule has 1 fully saturated rings. The van der Waals surface area contributed by atoms with Gasteiger partial charge < -0.3 is 15.0 Å². The predicted molar refractivity (Wildman–Crippen MR) is 87.6 cm³/mol. The Bertz CT molecular complexity index is 493. The third-order valence-electron chi connectivity index (χ3n) is 3.37. The van der Waals surface area contributed by atoms with Crippen LogP contribution in [0.3, 0.4) is 0 Å². The standard InChI is InChI=1S/C15H28N4O6/c1-6-18-11(7-8-19(23)14(18)22)12(20)17-24-9-10(2)16-13(21)25-15(3,4)5/h10-11,23H,6-9H2,1-5H3,(H,16,21)(H,17,20)/t10-,11-/m0/s1. The molecule has 0 bridgehead atoms. The lowest BCUT2D eigenvalue weighted by atomic mass is 10.1. The summed E-state index contributed by atoms with van der Waals surface area (Å²) < 4.78 is 5.12. The van der Waals surface area contributed by atoms with Crippen molar-refractivity contribution >= 4 is 18.0 Å². The van der Waals surface area contributed by atoms with Gasteiger partial charge in [-0.2, -0.15) is 0 Å². The number of amides is 4. The van der Waals surface area contributed by atoms with E-state index in [0.29, 0.717) is 5.06 Å². The quantitative estimate of drug-likeness (QED) is 0.477. The Labute approximate surface area is 147 Å². The Kier molecular flexibility index (Phi) is 7.43. The Balaban J connectivity index is 2.38. The van der Waals surface area contributed by atoms with E-state index in [0.717, 1.165) is 0 Å². The smallest absolute Gasteiger partial charge is 0.407 e. The van der Waals surface area contributed by atoms with Crippen LogP contribution in [0.4, 0.5) is 9.59 Å². The fourth-order valence-electron chi connectivity index (χ4n) is 2.26. The van der Waals surface area contributed by atoms with E-state index in [2.05, 4.69) is 10.8 Å². The highest BCUT2D eigenvalue weighted by Gasteiger charge is 2.36. The SMILES string of the molecule is CCN1C(=O)N(O)CC[C@H]1C(=O)NOC[C@H](C)NC(=O)OC(C)(C)C. The lowest BCUT2D eigenvalue weighted by Crippen LogP contribution is -2.58. The Morgan fingerprint density at radius 3 is 2.60 bits per heavy atom. The zero-order valence-corrected chi connectivity index (χ0v) is 15.4. The van der Waals surface area contributed by atoms with Crippen LogP contribution >= 0.6 is 0 Å². The van der Waals surface area contributed by atoms with Gasteiger partial charge in [-0.3, -0.25) is 14.8 Å². The molecule has 0 aromatic heterocycles. The monoisotopic (exact) mass is 360 g/mol. The van der Waals surface area contributed by atoms with Gasteiger partial charge in [0.1, 0.15) is 11.6 Å². The highest BCUT2D eigenvalue weighted by atomic mass is 16.7.